The minimum Gasteiger partial charge on any atom is -0.356 e. The maximum Gasteiger partial charge on any atom is 0.223 e. The molecule has 0 saturated carbocycles. The van der Waals surface area contributed by atoms with Gasteiger partial charge in [0.05, 0.1) is 0 Å². The molecular formula is C16H23N3O2. The molecule has 21 heavy (non-hydrogen) atoms. The van der Waals surface area contributed by atoms with E-state index in [9.17, 15) is 9.59 Å². The van der Waals surface area contributed by atoms with Gasteiger partial charge in [0.2, 0.25) is 11.8 Å². The Hall–Kier alpha value is -1.88. The number of carbonyl (C=O) groups excluding carboxylic acids is 2. The maximum absolute atomic E-state index is 12.0. The van der Waals surface area contributed by atoms with Gasteiger partial charge in [0, 0.05) is 25.1 Å². The normalized spacial score (nSPS) is 15.9. The average molecular weight is 289 g/mol. The third-order valence-electron chi connectivity index (χ3n) is 3.92. The fourth-order valence-corrected chi connectivity index (χ4v) is 2.33. The molecule has 3 N–H and O–H groups in total. The van der Waals surface area contributed by atoms with E-state index in [-0.39, 0.29) is 17.7 Å². The summed E-state index contributed by atoms with van der Waals surface area (Å²) in [6.45, 7) is 6.01. The monoisotopic (exact) mass is 289 g/mol. The summed E-state index contributed by atoms with van der Waals surface area (Å²) >= 11 is 0. The van der Waals surface area contributed by atoms with E-state index in [1.165, 1.54) is 6.92 Å². The van der Waals surface area contributed by atoms with E-state index in [0.29, 0.717) is 12.5 Å². The van der Waals surface area contributed by atoms with E-state index in [1.54, 1.807) is 0 Å². The van der Waals surface area contributed by atoms with E-state index in [4.69, 9.17) is 0 Å². The second-order valence-corrected chi connectivity index (χ2v) is 5.63. The number of nitrogens with one attached hydrogen (secondary N) is 3. The van der Waals surface area contributed by atoms with Crippen LogP contribution in [-0.4, -0.2) is 31.4 Å². The van der Waals surface area contributed by atoms with Crippen molar-refractivity contribution >= 4 is 17.5 Å². The van der Waals surface area contributed by atoms with Gasteiger partial charge in [0.15, 0.2) is 0 Å². The second kappa shape index (κ2) is 7.22. The first kappa shape index (κ1) is 15.5. The Morgan fingerprint density at radius 1 is 1.29 bits per heavy atom. The molecule has 1 saturated heterocycles. The predicted molar refractivity (Wildman–Crippen MR) is 83.0 cm³/mol. The quantitative estimate of drug-likeness (QED) is 0.736. The van der Waals surface area contributed by atoms with Crippen LogP contribution in [0.15, 0.2) is 24.3 Å². The Kier molecular flexibility index (Phi) is 5.33. The lowest BCUT2D eigenvalue weighted by Gasteiger charge is -2.31. The van der Waals surface area contributed by atoms with Crippen molar-refractivity contribution in [2.24, 2.45) is 11.8 Å². The van der Waals surface area contributed by atoms with Crippen LogP contribution in [0.3, 0.4) is 0 Å². The Morgan fingerprint density at radius 3 is 2.48 bits per heavy atom. The van der Waals surface area contributed by atoms with Crippen LogP contribution in [0.25, 0.3) is 0 Å². The molecule has 0 aromatic heterocycles. The van der Waals surface area contributed by atoms with Gasteiger partial charge in [-0.15, -0.1) is 0 Å². The summed E-state index contributed by atoms with van der Waals surface area (Å²) in [5.41, 5.74) is 1.93. The van der Waals surface area contributed by atoms with Crippen molar-refractivity contribution in [1.29, 1.82) is 0 Å². The summed E-state index contributed by atoms with van der Waals surface area (Å²) in [6.07, 6.45) is 0.793. The van der Waals surface area contributed by atoms with Gasteiger partial charge < -0.3 is 16.0 Å². The van der Waals surface area contributed by atoms with Crippen molar-refractivity contribution in [2.45, 2.75) is 20.3 Å². The number of rotatable bonds is 6. The molecule has 0 radical (unpaired) electrons. The van der Waals surface area contributed by atoms with Crippen LogP contribution in [0.4, 0.5) is 5.69 Å². The molecule has 5 heteroatoms. The summed E-state index contributed by atoms with van der Waals surface area (Å²) in [7, 11) is 0. The zero-order valence-corrected chi connectivity index (χ0v) is 12.6. The molecule has 1 aliphatic heterocycles. The molecule has 1 aromatic rings. The van der Waals surface area contributed by atoms with Gasteiger partial charge >= 0.3 is 0 Å². The highest BCUT2D eigenvalue weighted by atomic mass is 16.2. The molecule has 5 nitrogen and oxygen atoms in total. The fourth-order valence-electron chi connectivity index (χ4n) is 2.33. The number of amides is 2. The smallest absolute Gasteiger partial charge is 0.223 e. The van der Waals surface area contributed by atoms with E-state index in [2.05, 4.69) is 16.0 Å². The predicted octanol–water partition coefficient (Wildman–Crippen LogP) is 1.16. The third kappa shape index (κ3) is 4.56. The number of anilines is 1. The van der Waals surface area contributed by atoms with Crippen LogP contribution in [0.1, 0.15) is 19.4 Å². The largest absolute Gasteiger partial charge is 0.356 e. The number of carbonyl (C=O) groups is 2. The first-order valence-corrected chi connectivity index (χ1v) is 7.41. The van der Waals surface area contributed by atoms with Gasteiger partial charge in [-0.2, -0.15) is 0 Å². The van der Waals surface area contributed by atoms with Crippen molar-refractivity contribution in [1.82, 2.24) is 10.6 Å². The van der Waals surface area contributed by atoms with Gasteiger partial charge in [-0.05, 0) is 43.1 Å². The molecule has 0 aliphatic carbocycles. The zero-order valence-electron chi connectivity index (χ0n) is 12.6. The number of benzene rings is 1. The summed E-state index contributed by atoms with van der Waals surface area (Å²) in [6, 6.07) is 7.69. The summed E-state index contributed by atoms with van der Waals surface area (Å²) < 4.78 is 0. The van der Waals surface area contributed by atoms with E-state index in [1.807, 2.05) is 31.2 Å². The highest BCUT2D eigenvalue weighted by Gasteiger charge is 2.28. The standard InChI is InChI=1S/C16H23N3O2/c1-11(14-9-17-10-14)16(21)18-8-7-13-3-5-15(6-4-13)19-12(2)20/h3-6,11,14,17H,7-10H2,1-2H3,(H,18,21)(H,19,20). The summed E-state index contributed by atoms with van der Waals surface area (Å²) in [5, 5.41) is 8.91. The topological polar surface area (TPSA) is 70.2 Å². The Bertz CT molecular complexity index is 495. The second-order valence-electron chi connectivity index (χ2n) is 5.63. The van der Waals surface area contributed by atoms with E-state index >= 15 is 0 Å². The molecule has 2 amide bonds. The van der Waals surface area contributed by atoms with Crippen LogP contribution >= 0.6 is 0 Å². The van der Waals surface area contributed by atoms with Gasteiger partial charge in [-0.1, -0.05) is 19.1 Å². The van der Waals surface area contributed by atoms with Gasteiger partial charge in [-0.25, -0.2) is 0 Å². The van der Waals surface area contributed by atoms with Crippen LogP contribution in [-0.2, 0) is 16.0 Å². The Labute approximate surface area is 125 Å². The Balaban J connectivity index is 1.72. The lowest BCUT2D eigenvalue weighted by Crippen LogP contribution is -2.49. The maximum atomic E-state index is 12.0. The lowest BCUT2D eigenvalue weighted by molar-refractivity contribution is -0.126. The minimum atomic E-state index is -0.0746. The lowest BCUT2D eigenvalue weighted by atomic mass is 9.88. The molecule has 0 bridgehead atoms. The van der Waals surface area contributed by atoms with Crippen molar-refractivity contribution in [2.75, 3.05) is 25.0 Å². The summed E-state index contributed by atoms with van der Waals surface area (Å²) in [4.78, 5) is 22.9. The van der Waals surface area contributed by atoms with Gasteiger partial charge in [-0.3, -0.25) is 9.59 Å². The highest BCUT2D eigenvalue weighted by Crippen LogP contribution is 2.15. The molecule has 114 valence electrons. The molecule has 1 unspecified atom stereocenters. The van der Waals surface area contributed by atoms with Gasteiger partial charge in [0.25, 0.3) is 0 Å². The molecule has 1 fully saturated rings. The van der Waals surface area contributed by atoms with Crippen molar-refractivity contribution in [3.05, 3.63) is 29.8 Å². The summed E-state index contributed by atoms with van der Waals surface area (Å²) in [5.74, 6) is 0.612. The zero-order chi connectivity index (χ0) is 15.2. The molecule has 1 heterocycles. The highest BCUT2D eigenvalue weighted by molar-refractivity contribution is 5.88. The molecule has 0 spiro atoms. The molecule has 1 aliphatic rings. The molecule has 1 aromatic carbocycles. The first-order valence-electron chi connectivity index (χ1n) is 7.41. The van der Waals surface area contributed by atoms with E-state index < -0.39 is 0 Å². The van der Waals surface area contributed by atoms with Crippen LogP contribution in [0.2, 0.25) is 0 Å². The Morgan fingerprint density at radius 2 is 1.95 bits per heavy atom. The van der Waals surface area contributed by atoms with Gasteiger partial charge in [0.1, 0.15) is 0 Å². The van der Waals surface area contributed by atoms with Crippen molar-refractivity contribution in [3.63, 3.8) is 0 Å². The number of hydrogen-bond donors (Lipinski definition) is 3. The first-order chi connectivity index (χ1) is 10.1. The van der Waals surface area contributed by atoms with Crippen LogP contribution in [0, 0.1) is 11.8 Å². The van der Waals surface area contributed by atoms with Crippen LogP contribution in [0.5, 0.6) is 0 Å². The molecular weight excluding hydrogens is 266 g/mol. The van der Waals surface area contributed by atoms with E-state index in [0.717, 1.165) is 30.8 Å². The average Bonchev–Trinajstić information content (AvgIpc) is 2.38. The fraction of sp³-hybridized carbons (Fsp3) is 0.500. The SMILES string of the molecule is CC(=O)Nc1ccc(CCNC(=O)C(C)C2CNC2)cc1. The number of hydrogen-bond acceptors (Lipinski definition) is 3. The van der Waals surface area contributed by atoms with Crippen molar-refractivity contribution < 1.29 is 9.59 Å². The molecule has 1 atom stereocenters. The van der Waals surface area contributed by atoms with Crippen molar-refractivity contribution in [3.8, 4) is 0 Å². The molecule has 2 rings (SSSR count). The van der Waals surface area contributed by atoms with Crippen LogP contribution < -0.4 is 16.0 Å². The minimum absolute atomic E-state index is 0.0746. The third-order valence-corrected chi connectivity index (χ3v) is 3.92.